The Morgan fingerprint density at radius 2 is 1.97 bits per heavy atom. The van der Waals surface area contributed by atoms with Crippen LogP contribution in [0.1, 0.15) is 32.6 Å². The van der Waals surface area contributed by atoms with E-state index in [0.717, 1.165) is 47.4 Å². The van der Waals surface area contributed by atoms with Crippen LogP contribution in [0.5, 0.6) is 0 Å². The Labute approximate surface area is 215 Å². The van der Waals surface area contributed by atoms with Gasteiger partial charge in [-0.2, -0.15) is 0 Å². The highest BCUT2D eigenvalue weighted by Gasteiger charge is 2.12. The second-order valence-electron chi connectivity index (χ2n) is 9.08. The van der Waals surface area contributed by atoms with Crippen molar-refractivity contribution in [3.63, 3.8) is 0 Å². The van der Waals surface area contributed by atoms with Crippen LogP contribution < -0.4 is 21.9 Å². The molecular weight excluding hydrogens is 462 g/mol. The maximum absolute atomic E-state index is 13.2. The minimum absolute atomic E-state index is 0.0909. The number of pyridine rings is 1. The van der Waals surface area contributed by atoms with E-state index in [9.17, 15) is 9.59 Å². The first kappa shape index (κ1) is 24.2. The molecular formula is C30H29N5O2. The number of carbonyl (C=O) groups is 1. The molecule has 2 heterocycles. The molecule has 0 bridgehead atoms. The van der Waals surface area contributed by atoms with E-state index in [0.29, 0.717) is 17.5 Å². The van der Waals surface area contributed by atoms with E-state index >= 15 is 0 Å². The van der Waals surface area contributed by atoms with E-state index in [-0.39, 0.29) is 11.5 Å². The summed E-state index contributed by atoms with van der Waals surface area (Å²) >= 11 is 0. The van der Waals surface area contributed by atoms with E-state index < -0.39 is 0 Å². The summed E-state index contributed by atoms with van der Waals surface area (Å²) in [4.78, 5) is 30.4. The van der Waals surface area contributed by atoms with Crippen LogP contribution in [0.3, 0.4) is 0 Å². The zero-order chi connectivity index (χ0) is 25.8. The Morgan fingerprint density at radius 1 is 1.08 bits per heavy atom. The third-order valence-electron chi connectivity index (χ3n) is 6.66. The molecule has 1 aliphatic rings. The third-order valence-corrected chi connectivity index (χ3v) is 6.66. The Balaban J connectivity index is 1.35. The zero-order valence-corrected chi connectivity index (χ0v) is 20.7. The highest BCUT2D eigenvalue weighted by Crippen LogP contribution is 2.20. The lowest BCUT2D eigenvalue weighted by molar-refractivity contribution is 0.102. The van der Waals surface area contributed by atoms with Crippen molar-refractivity contribution < 1.29 is 4.79 Å². The van der Waals surface area contributed by atoms with Crippen LogP contribution in [-0.2, 0) is 19.5 Å². The van der Waals surface area contributed by atoms with Gasteiger partial charge in [0.1, 0.15) is 0 Å². The molecule has 1 amide bonds. The Morgan fingerprint density at radius 3 is 2.81 bits per heavy atom. The summed E-state index contributed by atoms with van der Waals surface area (Å²) in [5.74, 6) is -0.172. The molecule has 1 aromatic heterocycles. The molecule has 0 spiro atoms. The van der Waals surface area contributed by atoms with Crippen LogP contribution in [0.2, 0.25) is 0 Å². The van der Waals surface area contributed by atoms with Crippen molar-refractivity contribution in [2.24, 2.45) is 10.7 Å². The first-order valence-corrected chi connectivity index (χ1v) is 12.3. The van der Waals surface area contributed by atoms with Crippen LogP contribution in [-0.4, -0.2) is 29.8 Å². The lowest BCUT2D eigenvalue weighted by atomic mass is 10.0. The average molecular weight is 492 g/mol. The van der Waals surface area contributed by atoms with Gasteiger partial charge in [-0.3, -0.25) is 14.6 Å². The average Bonchev–Trinajstić information content (AvgIpc) is 2.93. The molecule has 0 saturated heterocycles. The SMILES string of the molecule is CN=C(/C=C\N)c1ccc2c(=O)n(Cc3cccc(C(=O)Nc4ccc5c(c4)CCNC5)c3)ccc2c1. The predicted molar refractivity (Wildman–Crippen MR) is 149 cm³/mol. The van der Waals surface area contributed by atoms with Crippen molar-refractivity contribution in [3.8, 4) is 0 Å². The fraction of sp³-hybridized carbons (Fsp3) is 0.167. The number of hydrogen-bond donors (Lipinski definition) is 3. The molecule has 7 nitrogen and oxygen atoms in total. The molecule has 0 fully saturated rings. The molecule has 5 rings (SSSR count). The van der Waals surface area contributed by atoms with Crippen molar-refractivity contribution in [1.82, 2.24) is 9.88 Å². The van der Waals surface area contributed by atoms with Crippen molar-refractivity contribution in [1.29, 1.82) is 0 Å². The van der Waals surface area contributed by atoms with E-state index in [1.165, 1.54) is 17.3 Å². The topological polar surface area (TPSA) is 102 Å². The molecule has 4 aromatic rings. The van der Waals surface area contributed by atoms with Crippen LogP contribution in [0.25, 0.3) is 10.8 Å². The van der Waals surface area contributed by atoms with Gasteiger partial charge < -0.3 is 20.9 Å². The Bertz CT molecular complexity index is 1600. The maximum atomic E-state index is 13.2. The molecule has 0 aliphatic carbocycles. The van der Waals surface area contributed by atoms with Crippen molar-refractivity contribution in [2.45, 2.75) is 19.5 Å². The van der Waals surface area contributed by atoms with Crippen molar-refractivity contribution >= 4 is 28.1 Å². The molecule has 0 radical (unpaired) electrons. The third kappa shape index (κ3) is 5.22. The molecule has 4 N–H and O–H groups in total. The number of benzene rings is 3. The van der Waals surface area contributed by atoms with Gasteiger partial charge in [0.25, 0.3) is 11.5 Å². The number of anilines is 1. The summed E-state index contributed by atoms with van der Waals surface area (Å²) in [6.45, 7) is 2.17. The van der Waals surface area contributed by atoms with Gasteiger partial charge in [0.2, 0.25) is 0 Å². The summed E-state index contributed by atoms with van der Waals surface area (Å²) in [6, 6.07) is 21.0. The summed E-state index contributed by atoms with van der Waals surface area (Å²) in [7, 11) is 1.70. The molecule has 0 atom stereocenters. The lowest BCUT2D eigenvalue weighted by Gasteiger charge is -2.18. The van der Waals surface area contributed by atoms with Gasteiger partial charge in [0.05, 0.1) is 12.3 Å². The molecule has 186 valence electrons. The standard InChI is InChI=1S/C30H29N5O2/c1-32-28(9-12-31)23-6-8-27-22(16-23)11-14-35(30(27)37)19-20-3-2-4-24(15-20)29(36)34-26-7-5-25-18-33-13-10-21(25)17-26/h2-9,11-12,14-17,33H,10,13,18-19,31H2,1H3,(H,34,36)/b12-9-,32-28?. The summed E-state index contributed by atoms with van der Waals surface area (Å²) in [5, 5.41) is 7.82. The zero-order valence-electron chi connectivity index (χ0n) is 20.7. The number of allylic oxidation sites excluding steroid dienone is 1. The molecule has 1 aliphatic heterocycles. The number of aromatic nitrogens is 1. The van der Waals surface area contributed by atoms with Gasteiger partial charge in [-0.25, -0.2) is 0 Å². The van der Waals surface area contributed by atoms with Crippen LogP contribution >= 0.6 is 0 Å². The molecule has 7 heteroatoms. The number of rotatable bonds is 6. The molecule has 3 aromatic carbocycles. The van der Waals surface area contributed by atoms with E-state index in [4.69, 9.17) is 5.73 Å². The number of nitrogens with one attached hydrogen (secondary N) is 2. The summed E-state index contributed by atoms with van der Waals surface area (Å²) in [6.07, 6.45) is 5.91. The van der Waals surface area contributed by atoms with Gasteiger partial charge in [-0.15, -0.1) is 0 Å². The fourth-order valence-electron chi connectivity index (χ4n) is 4.73. The monoisotopic (exact) mass is 491 g/mol. The van der Waals surface area contributed by atoms with E-state index in [1.54, 1.807) is 30.0 Å². The van der Waals surface area contributed by atoms with E-state index in [1.807, 2.05) is 48.5 Å². The molecule has 37 heavy (non-hydrogen) atoms. The van der Waals surface area contributed by atoms with Gasteiger partial charge in [-0.05, 0) is 89.8 Å². The van der Waals surface area contributed by atoms with Crippen LogP contribution in [0.4, 0.5) is 5.69 Å². The lowest BCUT2D eigenvalue weighted by Crippen LogP contribution is -2.23. The fourth-order valence-corrected chi connectivity index (χ4v) is 4.73. The van der Waals surface area contributed by atoms with E-state index in [2.05, 4.69) is 27.8 Å². The Hall–Kier alpha value is -4.49. The van der Waals surface area contributed by atoms with Gasteiger partial charge >= 0.3 is 0 Å². The normalized spacial score (nSPS) is 13.6. The quantitative estimate of drug-likeness (QED) is 0.357. The van der Waals surface area contributed by atoms with Crippen LogP contribution in [0, 0.1) is 0 Å². The number of nitrogens with two attached hydrogens (primary N) is 1. The second-order valence-corrected chi connectivity index (χ2v) is 9.08. The maximum Gasteiger partial charge on any atom is 0.258 e. The minimum Gasteiger partial charge on any atom is -0.405 e. The number of carbonyl (C=O) groups excluding carboxylic acids is 1. The summed E-state index contributed by atoms with van der Waals surface area (Å²) < 4.78 is 1.66. The largest absolute Gasteiger partial charge is 0.405 e. The van der Waals surface area contributed by atoms with Gasteiger partial charge in [-0.1, -0.05) is 24.3 Å². The predicted octanol–water partition coefficient (Wildman–Crippen LogP) is 3.84. The summed E-state index contributed by atoms with van der Waals surface area (Å²) in [5.41, 5.74) is 11.8. The second kappa shape index (κ2) is 10.6. The van der Waals surface area contributed by atoms with Gasteiger partial charge in [0, 0.05) is 42.0 Å². The number of amides is 1. The Kier molecular flexibility index (Phi) is 6.96. The highest BCUT2D eigenvalue weighted by atomic mass is 16.1. The van der Waals surface area contributed by atoms with Crippen molar-refractivity contribution in [2.75, 3.05) is 18.9 Å². The number of aliphatic imine (C=N–C) groups is 1. The minimum atomic E-state index is -0.172. The number of hydrogen-bond acceptors (Lipinski definition) is 5. The number of nitrogens with zero attached hydrogens (tertiary/aromatic N) is 2. The highest BCUT2D eigenvalue weighted by molar-refractivity contribution is 6.10. The molecule has 0 unspecified atom stereocenters. The van der Waals surface area contributed by atoms with Gasteiger partial charge in [0.15, 0.2) is 0 Å². The van der Waals surface area contributed by atoms with Crippen molar-refractivity contribution in [3.05, 3.63) is 123 Å². The number of fused-ring (bicyclic) bond motifs is 2. The smallest absolute Gasteiger partial charge is 0.258 e. The first-order valence-electron chi connectivity index (χ1n) is 12.3. The van der Waals surface area contributed by atoms with Crippen LogP contribution in [0.15, 0.2) is 95.0 Å². The molecule has 0 saturated carbocycles. The first-order chi connectivity index (χ1) is 18.1.